The molecule has 1 fully saturated rings. The highest BCUT2D eigenvalue weighted by molar-refractivity contribution is 7.99. The van der Waals surface area contributed by atoms with Crippen molar-refractivity contribution in [1.29, 1.82) is 0 Å². The highest BCUT2D eigenvalue weighted by Crippen LogP contribution is 2.33. The van der Waals surface area contributed by atoms with E-state index in [4.69, 9.17) is 5.14 Å². The number of thioether (sulfide) groups is 1. The molecule has 110 valence electrons. The van der Waals surface area contributed by atoms with Gasteiger partial charge in [-0.3, -0.25) is 4.79 Å². The molecule has 1 unspecified atom stereocenters. The molecule has 0 spiro atoms. The number of nitrogens with zero attached hydrogens (tertiary/aromatic N) is 1. The molecule has 0 saturated carbocycles. The highest BCUT2D eigenvalue weighted by atomic mass is 32.2. The van der Waals surface area contributed by atoms with Gasteiger partial charge in [-0.05, 0) is 17.9 Å². The summed E-state index contributed by atoms with van der Waals surface area (Å²) in [5, 5.41) is 5.06. The summed E-state index contributed by atoms with van der Waals surface area (Å²) in [6, 6.07) is 7.69. The minimum atomic E-state index is -3.54. The average Bonchev–Trinajstić information content (AvgIpc) is 2.69. The van der Waals surface area contributed by atoms with E-state index in [0.717, 1.165) is 16.3 Å². The van der Waals surface area contributed by atoms with Gasteiger partial charge in [0.25, 0.3) is 0 Å². The quantitative estimate of drug-likeness (QED) is 0.834. The van der Waals surface area contributed by atoms with Gasteiger partial charge < -0.3 is 4.90 Å². The smallest absolute Gasteiger partial charge is 0.227 e. The van der Waals surface area contributed by atoms with Crippen molar-refractivity contribution in [2.45, 2.75) is 18.2 Å². The van der Waals surface area contributed by atoms with Crippen molar-refractivity contribution in [2.24, 2.45) is 11.1 Å². The molecule has 1 aliphatic heterocycles. The third-order valence-electron chi connectivity index (χ3n) is 3.13. The van der Waals surface area contributed by atoms with Crippen LogP contribution in [-0.2, 0) is 14.8 Å². The Morgan fingerprint density at radius 3 is 2.75 bits per heavy atom. The van der Waals surface area contributed by atoms with Crippen molar-refractivity contribution in [3.05, 3.63) is 24.3 Å². The lowest BCUT2D eigenvalue weighted by atomic mass is 10.1. The van der Waals surface area contributed by atoms with Crippen molar-refractivity contribution in [3.8, 4) is 0 Å². The third-order valence-corrected chi connectivity index (χ3v) is 5.01. The minimum absolute atomic E-state index is 0.0391. The molecule has 7 heteroatoms. The molecular formula is C13H18N2O3S2. The number of hydrogen-bond acceptors (Lipinski definition) is 4. The van der Waals surface area contributed by atoms with Gasteiger partial charge in [0.2, 0.25) is 15.9 Å². The molecule has 1 atom stereocenters. The first-order valence-corrected chi connectivity index (χ1v) is 9.13. The lowest BCUT2D eigenvalue weighted by Gasteiger charge is -2.19. The fourth-order valence-electron chi connectivity index (χ4n) is 2.41. The molecule has 1 heterocycles. The van der Waals surface area contributed by atoms with Gasteiger partial charge in [-0.2, -0.15) is 0 Å². The monoisotopic (exact) mass is 314 g/mol. The van der Waals surface area contributed by atoms with Crippen molar-refractivity contribution in [1.82, 2.24) is 0 Å². The number of carbonyl (C=O) groups excluding carboxylic acids is 1. The molecule has 2 N–H and O–H groups in total. The number of anilines is 1. The summed E-state index contributed by atoms with van der Waals surface area (Å²) in [6.07, 6.45) is 0.238. The van der Waals surface area contributed by atoms with Crippen LogP contribution in [0.2, 0.25) is 0 Å². The van der Waals surface area contributed by atoms with Crippen molar-refractivity contribution in [2.75, 3.05) is 23.0 Å². The van der Waals surface area contributed by atoms with Crippen molar-refractivity contribution >= 4 is 33.4 Å². The molecule has 0 bridgehead atoms. The van der Waals surface area contributed by atoms with Crippen LogP contribution in [0.5, 0.6) is 0 Å². The first kappa shape index (κ1) is 15.3. The van der Waals surface area contributed by atoms with Gasteiger partial charge in [-0.25, -0.2) is 13.6 Å². The van der Waals surface area contributed by atoms with E-state index in [1.807, 2.05) is 24.3 Å². The Morgan fingerprint density at radius 1 is 1.40 bits per heavy atom. The number of para-hydroxylation sites is 1. The van der Waals surface area contributed by atoms with Gasteiger partial charge >= 0.3 is 0 Å². The first-order chi connectivity index (χ1) is 9.40. The molecule has 1 aromatic carbocycles. The van der Waals surface area contributed by atoms with Gasteiger partial charge in [0.1, 0.15) is 0 Å². The summed E-state index contributed by atoms with van der Waals surface area (Å²) >= 11 is 1.67. The second kappa shape index (κ2) is 6.15. The average molecular weight is 314 g/mol. The van der Waals surface area contributed by atoms with Crippen LogP contribution in [0.3, 0.4) is 0 Å². The molecule has 1 amide bonds. The van der Waals surface area contributed by atoms with Crippen LogP contribution in [0.1, 0.15) is 13.3 Å². The van der Waals surface area contributed by atoms with Crippen molar-refractivity contribution < 1.29 is 13.2 Å². The maximum atomic E-state index is 12.1. The lowest BCUT2D eigenvalue weighted by molar-refractivity contribution is -0.117. The second-order valence-corrected chi connectivity index (χ2v) is 7.77. The van der Waals surface area contributed by atoms with E-state index in [-0.39, 0.29) is 24.0 Å². The van der Waals surface area contributed by atoms with Crippen LogP contribution < -0.4 is 10.0 Å². The number of hydrogen-bond donors (Lipinski definition) is 1. The standard InChI is InChI=1S/C13H18N2O3S2/c1-2-19-12-6-4-3-5-11(12)15-8-10(7-13(15)16)9-20(14,17)18/h3-6,10H,2,7-9H2,1H3,(H2,14,17,18). The summed E-state index contributed by atoms with van der Waals surface area (Å²) in [6.45, 7) is 2.47. The van der Waals surface area contributed by atoms with Crippen LogP contribution in [0.15, 0.2) is 29.2 Å². The minimum Gasteiger partial charge on any atom is -0.311 e. The second-order valence-electron chi connectivity index (χ2n) is 4.80. The van der Waals surface area contributed by atoms with Crippen LogP contribution in [-0.4, -0.2) is 32.4 Å². The Bertz CT molecular complexity index is 601. The summed E-state index contributed by atoms with van der Waals surface area (Å²) in [7, 11) is -3.54. The fourth-order valence-corrected chi connectivity index (χ4v) is 4.10. The third kappa shape index (κ3) is 3.74. The Labute approximate surface area is 123 Å². The van der Waals surface area contributed by atoms with Gasteiger partial charge in [0, 0.05) is 23.8 Å². The largest absolute Gasteiger partial charge is 0.311 e. The van der Waals surface area contributed by atoms with E-state index in [1.165, 1.54) is 0 Å². The first-order valence-electron chi connectivity index (χ1n) is 6.43. The number of carbonyl (C=O) groups is 1. The topological polar surface area (TPSA) is 80.5 Å². The molecule has 0 aromatic heterocycles. The zero-order chi connectivity index (χ0) is 14.8. The van der Waals surface area contributed by atoms with Gasteiger partial charge in [-0.15, -0.1) is 11.8 Å². The molecule has 2 rings (SSSR count). The maximum Gasteiger partial charge on any atom is 0.227 e. The molecular weight excluding hydrogens is 296 g/mol. The molecule has 5 nitrogen and oxygen atoms in total. The van der Waals surface area contributed by atoms with E-state index in [9.17, 15) is 13.2 Å². The molecule has 1 aliphatic rings. The SMILES string of the molecule is CCSc1ccccc1N1CC(CS(N)(=O)=O)CC1=O. The Balaban J connectivity index is 2.20. The number of amides is 1. The van der Waals surface area contributed by atoms with E-state index < -0.39 is 10.0 Å². The predicted molar refractivity (Wildman–Crippen MR) is 81.3 cm³/mol. The number of primary sulfonamides is 1. The number of benzene rings is 1. The zero-order valence-electron chi connectivity index (χ0n) is 11.3. The Hall–Kier alpha value is -1.05. The maximum absolute atomic E-state index is 12.1. The molecule has 0 radical (unpaired) electrons. The fraction of sp³-hybridized carbons (Fsp3) is 0.462. The van der Waals surface area contributed by atoms with Crippen LogP contribution in [0, 0.1) is 5.92 Å². The van der Waals surface area contributed by atoms with E-state index >= 15 is 0 Å². The Morgan fingerprint density at radius 2 is 2.10 bits per heavy atom. The zero-order valence-corrected chi connectivity index (χ0v) is 12.9. The van der Waals surface area contributed by atoms with Gasteiger partial charge in [0.05, 0.1) is 11.4 Å². The predicted octanol–water partition coefficient (Wildman–Crippen LogP) is 1.44. The molecule has 0 aliphatic carbocycles. The molecule has 20 heavy (non-hydrogen) atoms. The number of rotatable bonds is 5. The number of sulfonamides is 1. The number of nitrogens with two attached hydrogens (primary N) is 1. The van der Waals surface area contributed by atoms with E-state index in [0.29, 0.717) is 6.54 Å². The normalized spacial score (nSPS) is 19.6. The van der Waals surface area contributed by atoms with Gasteiger partial charge in [0.15, 0.2) is 0 Å². The van der Waals surface area contributed by atoms with Crippen LogP contribution in [0.25, 0.3) is 0 Å². The summed E-state index contributed by atoms with van der Waals surface area (Å²) < 4.78 is 22.3. The van der Waals surface area contributed by atoms with Gasteiger partial charge in [-0.1, -0.05) is 19.1 Å². The lowest BCUT2D eigenvalue weighted by Crippen LogP contribution is -2.27. The molecule has 1 aromatic rings. The highest BCUT2D eigenvalue weighted by Gasteiger charge is 2.33. The van der Waals surface area contributed by atoms with E-state index in [2.05, 4.69) is 6.92 Å². The summed E-state index contributed by atoms with van der Waals surface area (Å²) in [5.41, 5.74) is 0.862. The van der Waals surface area contributed by atoms with Crippen LogP contribution >= 0.6 is 11.8 Å². The Kier molecular flexibility index (Phi) is 4.72. The van der Waals surface area contributed by atoms with E-state index in [1.54, 1.807) is 16.7 Å². The van der Waals surface area contributed by atoms with Crippen LogP contribution in [0.4, 0.5) is 5.69 Å². The molecule has 1 saturated heterocycles. The summed E-state index contributed by atoms with van der Waals surface area (Å²) in [5.74, 6) is 0.512. The summed E-state index contributed by atoms with van der Waals surface area (Å²) in [4.78, 5) is 14.8. The van der Waals surface area contributed by atoms with Crippen molar-refractivity contribution in [3.63, 3.8) is 0 Å².